The van der Waals surface area contributed by atoms with Crippen molar-refractivity contribution in [2.24, 2.45) is 0 Å². The number of amides is 1. The van der Waals surface area contributed by atoms with Crippen molar-refractivity contribution < 1.29 is 50.5 Å². The third kappa shape index (κ3) is 8.81. The van der Waals surface area contributed by atoms with Gasteiger partial charge in [0.15, 0.2) is 13.2 Å². The second-order valence-electron chi connectivity index (χ2n) is 7.19. The van der Waals surface area contributed by atoms with Crippen LogP contribution in [-0.2, 0) is 4.79 Å². The van der Waals surface area contributed by atoms with Crippen molar-refractivity contribution in [2.45, 2.75) is 37.7 Å². The van der Waals surface area contributed by atoms with Gasteiger partial charge >= 0.3 is 18.3 Å². The van der Waals surface area contributed by atoms with E-state index < -0.39 is 48.8 Å². The van der Waals surface area contributed by atoms with E-state index in [2.05, 4.69) is 14.8 Å². The number of nitrogens with zero attached hydrogens (tertiary/aromatic N) is 1. The molecule has 2 N–H and O–H groups in total. The molecule has 1 amide bonds. The maximum atomic E-state index is 12.6. The van der Waals surface area contributed by atoms with Crippen LogP contribution < -0.4 is 14.8 Å². The number of nitrogens with one attached hydrogen (secondary N) is 1. The Morgan fingerprint density at radius 1 is 1.06 bits per heavy atom. The van der Waals surface area contributed by atoms with Crippen LogP contribution in [0.4, 0.5) is 26.3 Å². The van der Waals surface area contributed by atoms with Crippen molar-refractivity contribution in [3.05, 3.63) is 23.8 Å². The Bertz CT molecular complexity index is 799. The van der Waals surface area contributed by atoms with Crippen LogP contribution in [0.3, 0.4) is 0 Å². The summed E-state index contributed by atoms with van der Waals surface area (Å²) in [7, 11) is 0. The van der Waals surface area contributed by atoms with E-state index >= 15 is 0 Å². The Hall–Kier alpha value is -2.70. The molecule has 0 aromatic heterocycles. The third-order valence-corrected chi connectivity index (χ3v) is 4.58. The topological polar surface area (TPSA) is 88.1 Å². The van der Waals surface area contributed by atoms with Gasteiger partial charge in [-0.1, -0.05) is 6.42 Å². The molecule has 1 saturated heterocycles. The second kappa shape index (κ2) is 10.7. The minimum atomic E-state index is -4.70. The van der Waals surface area contributed by atoms with Crippen molar-refractivity contribution in [1.29, 1.82) is 0 Å². The molecule has 1 fully saturated rings. The van der Waals surface area contributed by atoms with Gasteiger partial charge in [-0.15, -0.1) is 0 Å². The van der Waals surface area contributed by atoms with Crippen LogP contribution in [-0.4, -0.2) is 73.1 Å². The Kier molecular flexibility index (Phi) is 8.58. The maximum absolute atomic E-state index is 12.6. The van der Waals surface area contributed by atoms with E-state index in [4.69, 9.17) is 5.11 Å². The van der Waals surface area contributed by atoms with E-state index in [0.717, 1.165) is 31.0 Å². The summed E-state index contributed by atoms with van der Waals surface area (Å²) in [5.41, 5.74) is -0.436. The number of hydrogen-bond donors (Lipinski definition) is 2. The average Bonchev–Trinajstić information content (AvgIpc) is 2.68. The van der Waals surface area contributed by atoms with Crippen molar-refractivity contribution in [2.75, 3.05) is 32.8 Å². The number of hydrogen-bond acceptors (Lipinski definition) is 5. The van der Waals surface area contributed by atoms with Crippen LogP contribution in [0.5, 0.6) is 11.5 Å². The van der Waals surface area contributed by atoms with Gasteiger partial charge in [0, 0.05) is 12.6 Å². The number of ether oxygens (including phenoxy) is 2. The normalized spacial score (nSPS) is 17.6. The number of carboxylic acids is 1. The minimum absolute atomic E-state index is 0.00153. The fraction of sp³-hybridized carbons (Fsp3) is 0.579. The van der Waals surface area contributed by atoms with Crippen LogP contribution in [0.1, 0.15) is 29.6 Å². The molecule has 1 unspecified atom stereocenters. The van der Waals surface area contributed by atoms with Gasteiger partial charge in [0.05, 0.1) is 12.1 Å². The first-order valence-corrected chi connectivity index (χ1v) is 9.61. The van der Waals surface area contributed by atoms with E-state index in [0.29, 0.717) is 13.0 Å². The number of piperidine rings is 1. The average molecular weight is 472 g/mol. The van der Waals surface area contributed by atoms with Crippen molar-refractivity contribution in [1.82, 2.24) is 10.2 Å². The van der Waals surface area contributed by atoms with Crippen LogP contribution in [0.25, 0.3) is 0 Å². The summed E-state index contributed by atoms with van der Waals surface area (Å²) in [5, 5.41) is 11.5. The zero-order valence-electron chi connectivity index (χ0n) is 16.8. The largest absolute Gasteiger partial charge is 0.484 e. The molecular weight excluding hydrogens is 450 g/mol. The number of aliphatic carboxylic acids is 1. The highest BCUT2D eigenvalue weighted by molar-refractivity contribution is 5.97. The number of carbonyl (C=O) groups excluding carboxylic acids is 1. The Labute approximate surface area is 179 Å². The molecule has 2 rings (SSSR count). The first-order chi connectivity index (χ1) is 14.8. The zero-order chi connectivity index (χ0) is 23.9. The smallest absolute Gasteiger partial charge is 0.422 e. The highest BCUT2D eigenvalue weighted by Gasteiger charge is 2.31. The third-order valence-electron chi connectivity index (χ3n) is 4.58. The number of benzene rings is 1. The number of likely N-dealkylation sites (tertiary alicyclic amines) is 1. The van der Waals surface area contributed by atoms with Gasteiger partial charge in [0.25, 0.3) is 5.91 Å². The Balaban J connectivity index is 2.14. The standard InChI is InChI=1S/C19H22F6N2O5/c20-18(21,22)10-31-13-4-5-15(32-11-19(23,24)25)14(7-13)17(30)26-8-12-3-1-2-6-27(12)9-16(28)29/h4-5,7,12H,1-3,6,8-11H2,(H,26,30)(H,28,29). The van der Waals surface area contributed by atoms with Crippen molar-refractivity contribution in [3.63, 3.8) is 0 Å². The number of alkyl halides is 6. The summed E-state index contributed by atoms with van der Waals surface area (Å²) in [6, 6.07) is 2.43. The predicted molar refractivity (Wildman–Crippen MR) is 98.7 cm³/mol. The molecule has 13 heteroatoms. The van der Waals surface area contributed by atoms with E-state index in [-0.39, 0.29) is 24.9 Å². The molecule has 180 valence electrons. The SMILES string of the molecule is O=C(O)CN1CCCCC1CNC(=O)c1cc(OCC(F)(F)F)ccc1OCC(F)(F)F. The molecule has 1 atom stereocenters. The number of halogens is 6. The van der Waals surface area contributed by atoms with Gasteiger partial charge < -0.3 is 19.9 Å². The summed E-state index contributed by atoms with van der Waals surface area (Å²) in [6.45, 7) is -3.08. The zero-order valence-corrected chi connectivity index (χ0v) is 16.8. The molecule has 32 heavy (non-hydrogen) atoms. The van der Waals surface area contributed by atoms with Crippen LogP contribution in [0, 0.1) is 0 Å². The molecule has 1 aliphatic heterocycles. The van der Waals surface area contributed by atoms with Gasteiger partial charge in [0.2, 0.25) is 0 Å². The number of carboxylic acid groups (broad SMARTS) is 1. The molecule has 1 aromatic carbocycles. The Morgan fingerprint density at radius 3 is 2.34 bits per heavy atom. The summed E-state index contributed by atoms with van der Waals surface area (Å²) < 4.78 is 83.9. The minimum Gasteiger partial charge on any atom is -0.484 e. The maximum Gasteiger partial charge on any atom is 0.422 e. The van der Waals surface area contributed by atoms with Crippen LogP contribution >= 0.6 is 0 Å². The van der Waals surface area contributed by atoms with Gasteiger partial charge in [-0.3, -0.25) is 14.5 Å². The molecule has 0 radical (unpaired) electrons. The monoisotopic (exact) mass is 472 g/mol. The van der Waals surface area contributed by atoms with Gasteiger partial charge in [-0.05, 0) is 37.6 Å². The molecule has 7 nitrogen and oxygen atoms in total. The fourth-order valence-electron chi connectivity index (χ4n) is 3.21. The molecule has 0 spiro atoms. The van der Waals surface area contributed by atoms with E-state index in [9.17, 15) is 35.9 Å². The number of rotatable bonds is 9. The summed E-state index contributed by atoms with van der Waals surface area (Å²) >= 11 is 0. The lowest BCUT2D eigenvalue weighted by molar-refractivity contribution is -0.154. The predicted octanol–water partition coefficient (Wildman–Crippen LogP) is 3.24. The quantitative estimate of drug-likeness (QED) is 0.537. The second-order valence-corrected chi connectivity index (χ2v) is 7.19. The summed E-state index contributed by atoms with van der Waals surface area (Å²) in [4.78, 5) is 25.3. The molecule has 0 saturated carbocycles. The molecule has 0 aliphatic carbocycles. The first-order valence-electron chi connectivity index (χ1n) is 9.61. The van der Waals surface area contributed by atoms with Crippen LogP contribution in [0.2, 0.25) is 0 Å². The van der Waals surface area contributed by atoms with Gasteiger partial charge in [-0.25, -0.2) is 0 Å². The molecule has 1 heterocycles. The highest BCUT2D eigenvalue weighted by atomic mass is 19.4. The van der Waals surface area contributed by atoms with Crippen LogP contribution in [0.15, 0.2) is 18.2 Å². The summed E-state index contributed by atoms with van der Waals surface area (Å²) in [6.07, 6.45) is -7.16. The lowest BCUT2D eigenvalue weighted by Crippen LogP contribution is -2.48. The van der Waals surface area contributed by atoms with Crippen molar-refractivity contribution >= 4 is 11.9 Å². The van der Waals surface area contributed by atoms with E-state index in [1.165, 1.54) is 0 Å². The number of carbonyl (C=O) groups is 2. The van der Waals surface area contributed by atoms with E-state index in [1.807, 2.05) is 0 Å². The lowest BCUT2D eigenvalue weighted by atomic mass is 10.0. The molecular formula is C19H22F6N2O5. The molecule has 0 bridgehead atoms. The molecule has 1 aliphatic rings. The molecule has 1 aromatic rings. The van der Waals surface area contributed by atoms with E-state index in [1.54, 1.807) is 4.90 Å². The first kappa shape index (κ1) is 25.6. The fourth-order valence-corrected chi connectivity index (χ4v) is 3.21. The van der Waals surface area contributed by atoms with Gasteiger partial charge in [-0.2, -0.15) is 26.3 Å². The van der Waals surface area contributed by atoms with Gasteiger partial charge in [0.1, 0.15) is 11.5 Å². The summed E-state index contributed by atoms with van der Waals surface area (Å²) in [5.74, 6) is -2.79. The highest BCUT2D eigenvalue weighted by Crippen LogP contribution is 2.28. The van der Waals surface area contributed by atoms with Crippen molar-refractivity contribution in [3.8, 4) is 11.5 Å². The lowest BCUT2D eigenvalue weighted by Gasteiger charge is -2.34. The Morgan fingerprint density at radius 2 is 1.72 bits per heavy atom.